The number of hydrogen-bond donors (Lipinski definition) is 1. The van der Waals surface area contributed by atoms with E-state index >= 15 is 0 Å². The molecule has 3 heterocycles. The Hall–Kier alpha value is -3.08. The molecule has 1 unspecified atom stereocenters. The number of amides is 1. The number of hydrogen-bond acceptors (Lipinski definition) is 9. The Kier molecular flexibility index (Phi) is 19.6. The molecule has 0 aliphatic heterocycles. The standard InChI is InChI=1S/C34H54N4O6S/c1-2-3-4-5-6-7-8-9-10-11-12-13-14-15-17-21-35-34(39)41-28-31(43-32-20-24-42-36-32)27-40-33-26-30(44-37-33)19-16-18-22-38-23-25-45-29-38/h20,23-26,29,31H,2-19,21-22,27-28H2,1H3/p+1. The molecule has 0 fully saturated rings. The number of unbranched alkanes of at least 4 members (excludes halogenated alkanes) is 15. The number of carbonyl (C=O) groups is 1. The van der Waals surface area contributed by atoms with E-state index in [1.807, 2.05) is 0 Å². The highest BCUT2D eigenvalue weighted by atomic mass is 32.1. The van der Waals surface area contributed by atoms with Gasteiger partial charge >= 0.3 is 6.09 Å². The zero-order valence-electron chi connectivity index (χ0n) is 27.3. The first-order valence-electron chi connectivity index (χ1n) is 17.2. The Balaban J connectivity index is 1.19. The van der Waals surface area contributed by atoms with E-state index in [4.69, 9.17) is 23.3 Å². The maximum atomic E-state index is 12.3. The van der Waals surface area contributed by atoms with Gasteiger partial charge in [-0.25, -0.2) is 4.79 Å². The first-order chi connectivity index (χ1) is 22.2. The molecule has 1 N–H and O–H groups in total. The third-order valence-electron chi connectivity index (χ3n) is 7.72. The number of rotatable bonds is 28. The monoisotopic (exact) mass is 647 g/mol. The van der Waals surface area contributed by atoms with Gasteiger partial charge in [0.15, 0.2) is 12.3 Å². The van der Waals surface area contributed by atoms with Crippen LogP contribution in [0.15, 0.2) is 44.5 Å². The fraction of sp³-hybridized carbons (Fsp3) is 0.706. The van der Waals surface area contributed by atoms with Crippen molar-refractivity contribution in [3.8, 4) is 11.8 Å². The number of ether oxygens (including phenoxy) is 3. The van der Waals surface area contributed by atoms with Crippen LogP contribution < -0.4 is 19.4 Å². The minimum Gasteiger partial charge on any atom is -0.471 e. The topological polar surface area (TPSA) is 113 Å². The normalized spacial score (nSPS) is 11.8. The minimum absolute atomic E-state index is 0.0114. The second kappa shape index (κ2) is 24.2. The lowest BCUT2D eigenvalue weighted by Crippen LogP contribution is -2.34. The van der Waals surface area contributed by atoms with Crippen LogP contribution in [0.3, 0.4) is 0 Å². The molecule has 252 valence electrons. The Labute approximate surface area is 273 Å². The van der Waals surface area contributed by atoms with Gasteiger partial charge < -0.3 is 28.6 Å². The maximum absolute atomic E-state index is 12.3. The van der Waals surface area contributed by atoms with Crippen molar-refractivity contribution in [2.24, 2.45) is 0 Å². The summed E-state index contributed by atoms with van der Waals surface area (Å²) in [7, 11) is 0. The summed E-state index contributed by atoms with van der Waals surface area (Å²) in [6, 6.07) is 3.38. The number of nitrogens with zero attached hydrogens (tertiary/aromatic N) is 3. The second-order valence-electron chi connectivity index (χ2n) is 11.7. The molecule has 0 aliphatic carbocycles. The molecular weight excluding hydrogens is 592 g/mol. The molecule has 0 saturated carbocycles. The van der Waals surface area contributed by atoms with Gasteiger partial charge in [-0.05, 0) is 23.2 Å². The number of nitrogens with one attached hydrogen (secondary N) is 1. The molecule has 0 radical (unpaired) electrons. The molecule has 3 aromatic heterocycles. The van der Waals surface area contributed by atoms with Gasteiger partial charge in [0.1, 0.15) is 31.8 Å². The summed E-state index contributed by atoms with van der Waals surface area (Å²) in [5.41, 5.74) is 2.10. The van der Waals surface area contributed by atoms with Crippen LogP contribution in [-0.2, 0) is 17.7 Å². The van der Waals surface area contributed by atoms with Crippen molar-refractivity contribution in [3.05, 3.63) is 41.2 Å². The zero-order chi connectivity index (χ0) is 31.6. The summed E-state index contributed by atoms with van der Waals surface area (Å²) in [5.74, 6) is 1.42. The first kappa shape index (κ1) is 36.4. The van der Waals surface area contributed by atoms with Crippen molar-refractivity contribution in [2.45, 2.75) is 135 Å². The van der Waals surface area contributed by atoms with Crippen LogP contribution in [0, 0.1) is 0 Å². The van der Waals surface area contributed by atoms with E-state index in [-0.39, 0.29) is 19.1 Å². The van der Waals surface area contributed by atoms with Crippen LogP contribution in [0.1, 0.15) is 122 Å². The molecule has 10 nitrogen and oxygen atoms in total. The van der Waals surface area contributed by atoms with E-state index in [1.54, 1.807) is 23.5 Å². The number of carbonyl (C=O) groups excluding carboxylic acids is 1. The Morgan fingerprint density at radius 2 is 1.60 bits per heavy atom. The quantitative estimate of drug-likeness (QED) is 0.0617. The zero-order valence-corrected chi connectivity index (χ0v) is 28.1. The molecule has 1 atom stereocenters. The molecule has 45 heavy (non-hydrogen) atoms. The number of aromatic nitrogens is 3. The van der Waals surface area contributed by atoms with E-state index in [2.05, 4.69) is 44.2 Å². The van der Waals surface area contributed by atoms with Crippen molar-refractivity contribution in [3.63, 3.8) is 0 Å². The second-order valence-corrected chi connectivity index (χ2v) is 12.5. The summed E-state index contributed by atoms with van der Waals surface area (Å²) in [6.45, 7) is 3.93. The van der Waals surface area contributed by atoms with Crippen molar-refractivity contribution < 1.29 is 32.6 Å². The molecule has 11 heteroatoms. The highest BCUT2D eigenvalue weighted by Gasteiger charge is 2.18. The highest BCUT2D eigenvalue weighted by Crippen LogP contribution is 2.16. The smallest absolute Gasteiger partial charge is 0.407 e. The molecule has 0 spiro atoms. The van der Waals surface area contributed by atoms with Crippen LogP contribution in [0.25, 0.3) is 0 Å². The summed E-state index contributed by atoms with van der Waals surface area (Å²) in [6.07, 6.45) is 24.9. The fourth-order valence-electron chi connectivity index (χ4n) is 5.10. The Bertz CT molecular complexity index is 1090. The van der Waals surface area contributed by atoms with E-state index in [0.717, 1.165) is 44.4 Å². The molecule has 0 saturated heterocycles. The van der Waals surface area contributed by atoms with Crippen molar-refractivity contribution in [1.82, 2.24) is 15.6 Å². The summed E-state index contributed by atoms with van der Waals surface area (Å²) in [4.78, 5) is 12.3. The van der Waals surface area contributed by atoms with Gasteiger partial charge in [-0.15, -0.1) is 0 Å². The van der Waals surface area contributed by atoms with Crippen LogP contribution in [0.5, 0.6) is 11.8 Å². The Morgan fingerprint density at radius 3 is 2.24 bits per heavy atom. The predicted octanol–water partition coefficient (Wildman–Crippen LogP) is 8.46. The Morgan fingerprint density at radius 1 is 0.889 bits per heavy atom. The van der Waals surface area contributed by atoms with Crippen molar-refractivity contribution in [2.75, 3.05) is 19.8 Å². The summed E-state index contributed by atoms with van der Waals surface area (Å²) >= 11 is 1.69. The van der Waals surface area contributed by atoms with Crippen LogP contribution >= 0.6 is 11.3 Å². The van der Waals surface area contributed by atoms with Crippen molar-refractivity contribution in [1.29, 1.82) is 0 Å². The van der Waals surface area contributed by atoms with Gasteiger partial charge in [0.2, 0.25) is 5.51 Å². The molecule has 1 amide bonds. The molecule has 3 aromatic rings. The lowest BCUT2D eigenvalue weighted by Gasteiger charge is -2.17. The number of alkyl carbamates (subject to hydrolysis) is 1. The van der Waals surface area contributed by atoms with E-state index in [9.17, 15) is 4.79 Å². The number of aryl methyl sites for hydroxylation is 2. The van der Waals surface area contributed by atoms with E-state index < -0.39 is 12.2 Å². The largest absolute Gasteiger partial charge is 0.471 e. The molecule has 0 bridgehead atoms. The van der Waals surface area contributed by atoms with Gasteiger partial charge in [0.05, 0.1) is 5.38 Å². The maximum Gasteiger partial charge on any atom is 0.407 e. The van der Waals surface area contributed by atoms with Gasteiger partial charge in [0, 0.05) is 31.5 Å². The molecular formula is C34H55N4O6S+. The fourth-order valence-corrected chi connectivity index (χ4v) is 5.73. The van der Waals surface area contributed by atoms with Gasteiger partial charge in [-0.2, -0.15) is 4.57 Å². The molecule has 0 aliphatic rings. The number of thiazole rings is 1. The van der Waals surface area contributed by atoms with Crippen LogP contribution in [0.4, 0.5) is 4.79 Å². The average molecular weight is 648 g/mol. The van der Waals surface area contributed by atoms with Gasteiger partial charge in [0.25, 0.3) is 11.8 Å². The molecule has 3 rings (SSSR count). The minimum atomic E-state index is -0.602. The third kappa shape index (κ3) is 17.9. The SMILES string of the molecule is CCCCCCCCCCCCCCCCCNC(=O)OCC(COc1cc(CCCC[n+]2ccsc2)on1)Oc1ccon1. The highest BCUT2D eigenvalue weighted by molar-refractivity contribution is 7.07. The first-order valence-corrected chi connectivity index (χ1v) is 18.1. The third-order valence-corrected chi connectivity index (χ3v) is 8.39. The lowest BCUT2D eigenvalue weighted by atomic mass is 10.0. The van der Waals surface area contributed by atoms with Gasteiger partial charge in [-0.1, -0.05) is 108 Å². The lowest BCUT2D eigenvalue weighted by molar-refractivity contribution is -0.692. The van der Waals surface area contributed by atoms with E-state index in [1.165, 1.54) is 89.7 Å². The van der Waals surface area contributed by atoms with Crippen molar-refractivity contribution >= 4 is 17.4 Å². The average Bonchev–Trinajstić information content (AvgIpc) is 3.85. The molecule has 0 aromatic carbocycles. The summed E-state index contributed by atoms with van der Waals surface area (Å²) in [5, 5.41) is 12.7. The van der Waals surface area contributed by atoms with Gasteiger partial charge in [-0.3, -0.25) is 0 Å². The predicted molar refractivity (Wildman–Crippen MR) is 175 cm³/mol. The van der Waals surface area contributed by atoms with Crippen LogP contribution in [0.2, 0.25) is 0 Å². The summed E-state index contributed by atoms with van der Waals surface area (Å²) < 4.78 is 29.4. The van der Waals surface area contributed by atoms with Crippen LogP contribution in [-0.4, -0.2) is 42.3 Å². The van der Waals surface area contributed by atoms with E-state index in [0.29, 0.717) is 12.4 Å².